The number of aliphatic hydroxyl groups is 1. The van der Waals surface area contributed by atoms with Crippen LogP contribution in [0.2, 0.25) is 0 Å². The predicted molar refractivity (Wildman–Crippen MR) is 49.5 cm³/mol. The van der Waals surface area contributed by atoms with Gasteiger partial charge in [0.25, 0.3) is 0 Å². The van der Waals surface area contributed by atoms with Gasteiger partial charge in [-0.25, -0.2) is 0 Å². The SMILES string of the molecule is CC[C@@H](CC(C)O)C(C)(C)C. The van der Waals surface area contributed by atoms with Crippen LogP contribution in [0.1, 0.15) is 47.5 Å². The van der Waals surface area contributed by atoms with E-state index in [1.807, 2.05) is 6.92 Å². The Kier molecular flexibility index (Phi) is 4.09. The molecule has 68 valence electrons. The lowest BCUT2D eigenvalue weighted by Crippen LogP contribution is -2.23. The number of aliphatic hydroxyl groups excluding tert-OH is 1. The third kappa shape index (κ3) is 4.41. The van der Waals surface area contributed by atoms with Crippen LogP contribution in [0.25, 0.3) is 0 Å². The van der Waals surface area contributed by atoms with Crippen molar-refractivity contribution in [3.05, 3.63) is 0 Å². The van der Waals surface area contributed by atoms with E-state index in [-0.39, 0.29) is 6.10 Å². The van der Waals surface area contributed by atoms with E-state index in [0.717, 1.165) is 12.8 Å². The molecule has 0 aliphatic rings. The highest BCUT2D eigenvalue weighted by atomic mass is 16.3. The van der Waals surface area contributed by atoms with Crippen LogP contribution in [0.4, 0.5) is 0 Å². The van der Waals surface area contributed by atoms with E-state index < -0.39 is 0 Å². The first-order valence-corrected chi connectivity index (χ1v) is 4.56. The normalized spacial score (nSPS) is 18.0. The van der Waals surface area contributed by atoms with Crippen LogP contribution in [-0.2, 0) is 0 Å². The van der Waals surface area contributed by atoms with Crippen LogP contribution in [-0.4, -0.2) is 11.2 Å². The van der Waals surface area contributed by atoms with Crippen molar-refractivity contribution in [2.45, 2.75) is 53.6 Å². The summed E-state index contributed by atoms with van der Waals surface area (Å²) in [6.45, 7) is 10.8. The molecule has 1 unspecified atom stereocenters. The van der Waals surface area contributed by atoms with Crippen LogP contribution < -0.4 is 0 Å². The molecule has 0 aliphatic heterocycles. The molecule has 0 aliphatic carbocycles. The second kappa shape index (κ2) is 4.10. The van der Waals surface area contributed by atoms with E-state index in [1.165, 1.54) is 0 Å². The van der Waals surface area contributed by atoms with Crippen molar-refractivity contribution < 1.29 is 5.11 Å². The third-order valence-corrected chi connectivity index (χ3v) is 2.34. The Morgan fingerprint density at radius 2 is 1.73 bits per heavy atom. The molecule has 0 aromatic rings. The monoisotopic (exact) mass is 158 g/mol. The van der Waals surface area contributed by atoms with Crippen LogP contribution in [0.5, 0.6) is 0 Å². The fourth-order valence-corrected chi connectivity index (χ4v) is 1.54. The Labute approximate surface area is 70.8 Å². The van der Waals surface area contributed by atoms with E-state index in [2.05, 4.69) is 27.7 Å². The van der Waals surface area contributed by atoms with E-state index in [9.17, 15) is 5.11 Å². The number of hydrogen-bond donors (Lipinski definition) is 1. The van der Waals surface area contributed by atoms with E-state index in [1.54, 1.807) is 0 Å². The van der Waals surface area contributed by atoms with Crippen molar-refractivity contribution in [1.82, 2.24) is 0 Å². The molecule has 0 aromatic heterocycles. The lowest BCUT2D eigenvalue weighted by molar-refractivity contribution is 0.112. The van der Waals surface area contributed by atoms with Crippen molar-refractivity contribution in [3.8, 4) is 0 Å². The van der Waals surface area contributed by atoms with Gasteiger partial charge < -0.3 is 5.11 Å². The van der Waals surface area contributed by atoms with Gasteiger partial charge in [0.2, 0.25) is 0 Å². The van der Waals surface area contributed by atoms with Crippen molar-refractivity contribution in [1.29, 1.82) is 0 Å². The summed E-state index contributed by atoms with van der Waals surface area (Å²) in [7, 11) is 0. The Balaban J connectivity index is 3.96. The fraction of sp³-hybridized carbons (Fsp3) is 1.00. The van der Waals surface area contributed by atoms with Gasteiger partial charge in [-0.2, -0.15) is 0 Å². The minimum Gasteiger partial charge on any atom is -0.393 e. The molecule has 0 amide bonds. The zero-order valence-electron chi connectivity index (χ0n) is 8.52. The fourth-order valence-electron chi connectivity index (χ4n) is 1.54. The molecular formula is C10H22O. The van der Waals surface area contributed by atoms with Gasteiger partial charge in [-0.05, 0) is 24.7 Å². The van der Waals surface area contributed by atoms with E-state index in [4.69, 9.17) is 0 Å². The lowest BCUT2D eigenvalue weighted by Gasteiger charge is -2.30. The molecule has 0 saturated heterocycles. The van der Waals surface area contributed by atoms with Gasteiger partial charge in [0.05, 0.1) is 6.10 Å². The van der Waals surface area contributed by atoms with Crippen LogP contribution in [0.15, 0.2) is 0 Å². The number of rotatable bonds is 3. The van der Waals surface area contributed by atoms with Gasteiger partial charge in [-0.15, -0.1) is 0 Å². The molecule has 0 rings (SSSR count). The summed E-state index contributed by atoms with van der Waals surface area (Å²) < 4.78 is 0. The molecule has 1 nitrogen and oxygen atoms in total. The summed E-state index contributed by atoms with van der Waals surface area (Å²) in [5, 5.41) is 9.22. The molecule has 1 heteroatoms. The predicted octanol–water partition coefficient (Wildman–Crippen LogP) is 2.83. The van der Waals surface area contributed by atoms with Gasteiger partial charge in [-0.3, -0.25) is 0 Å². The summed E-state index contributed by atoms with van der Waals surface area (Å²) >= 11 is 0. The minimum absolute atomic E-state index is 0.154. The molecule has 0 spiro atoms. The van der Waals surface area contributed by atoms with Gasteiger partial charge in [0.15, 0.2) is 0 Å². The molecule has 1 N–H and O–H groups in total. The highest BCUT2D eigenvalue weighted by molar-refractivity contribution is 4.74. The first kappa shape index (κ1) is 11.0. The summed E-state index contributed by atoms with van der Waals surface area (Å²) in [6.07, 6.45) is 1.94. The Morgan fingerprint density at radius 3 is 1.82 bits per heavy atom. The molecule has 2 atom stereocenters. The highest BCUT2D eigenvalue weighted by Gasteiger charge is 2.23. The highest BCUT2D eigenvalue weighted by Crippen LogP contribution is 2.31. The summed E-state index contributed by atoms with van der Waals surface area (Å²) in [6, 6.07) is 0. The molecule has 0 aromatic carbocycles. The molecule has 0 saturated carbocycles. The first-order chi connectivity index (χ1) is 4.88. The summed E-state index contributed by atoms with van der Waals surface area (Å²) in [5.41, 5.74) is 0.339. The topological polar surface area (TPSA) is 20.2 Å². The van der Waals surface area contributed by atoms with Crippen molar-refractivity contribution >= 4 is 0 Å². The second-order valence-corrected chi connectivity index (χ2v) is 4.56. The smallest absolute Gasteiger partial charge is 0.0515 e. The molecule has 0 heterocycles. The lowest BCUT2D eigenvalue weighted by atomic mass is 9.76. The molecular weight excluding hydrogens is 136 g/mol. The van der Waals surface area contributed by atoms with Crippen LogP contribution >= 0.6 is 0 Å². The molecule has 0 radical (unpaired) electrons. The first-order valence-electron chi connectivity index (χ1n) is 4.56. The Hall–Kier alpha value is -0.0400. The second-order valence-electron chi connectivity index (χ2n) is 4.56. The summed E-state index contributed by atoms with van der Waals surface area (Å²) in [5.74, 6) is 0.641. The number of hydrogen-bond acceptors (Lipinski definition) is 1. The van der Waals surface area contributed by atoms with Gasteiger partial charge in [-0.1, -0.05) is 34.1 Å². The third-order valence-electron chi connectivity index (χ3n) is 2.34. The van der Waals surface area contributed by atoms with E-state index in [0.29, 0.717) is 11.3 Å². The van der Waals surface area contributed by atoms with Gasteiger partial charge in [0.1, 0.15) is 0 Å². The maximum absolute atomic E-state index is 9.22. The van der Waals surface area contributed by atoms with Gasteiger partial charge in [0, 0.05) is 0 Å². The quantitative estimate of drug-likeness (QED) is 0.669. The maximum Gasteiger partial charge on any atom is 0.0515 e. The average Bonchev–Trinajstić information content (AvgIpc) is 1.79. The molecule has 0 fully saturated rings. The average molecular weight is 158 g/mol. The van der Waals surface area contributed by atoms with E-state index >= 15 is 0 Å². The van der Waals surface area contributed by atoms with Crippen LogP contribution in [0, 0.1) is 11.3 Å². The molecule has 11 heavy (non-hydrogen) atoms. The standard InChI is InChI=1S/C10H22O/c1-6-9(7-8(2)11)10(3,4)5/h8-9,11H,6-7H2,1-5H3/t8?,9-/m0/s1. The zero-order valence-corrected chi connectivity index (χ0v) is 8.52. The van der Waals surface area contributed by atoms with Crippen LogP contribution in [0.3, 0.4) is 0 Å². The Bertz CT molecular complexity index is 99.9. The largest absolute Gasteiger partial charge is 0.393 e. The van der Waals surface area contributed by atoms with Gasteiger partial charge >= 0.3 is 0 Å². The molecule has 0 bridgehead atoms. The van der Waals surface area contributed by atoms with Crippen molar-refractivity contribution in [2.24, 2.45) is 11.3 Å². The zero-order chi connectivity index (χ0) is 9.07. The summed E-state index contributed by atoms with van der Waals surface area (Å²) in [4.78, 5) is 0. The minimum atomic E-state index is -0.154. The Morgan fingerprint density at radius 1 is 1.27 bits per heavy atom. The van der Waals surface area contributed by atoms with Crippen molar-refractivity contribution in [3.63, 3.8) is 0 Å². The van der Waals surface area contributed by atoms with Crippen molar-refractivity contribution in [2.75, 3.05) is 0 Å². The maximum atomic E-state index is 9.22.